The van der Waals surface area contributed by atoms with E-state index in [0.717, 1.165) is 30.5 Å². The molecule has 0 spiro atoms. The topological polar surface area (TPSA) is 146 Å². The zero-order valence-corrected chi connectivity index (χ0v) is 16.2. The lowest BCUT2D eigenvalue weighted by Gasteiger charge is -2.08. The molecule has 14 heteroatoms. The number of imide groups is 1. The summed E-state index contributed by atoms with van der Waals surface area (Å²) in [5.74, 6) is -3.07. The first kappa shape index (κ1) is 22.9. The molecule has 11 nitrogen and oxygen atoms in total. The summed E-state index contributed by atoms with van der Waals surface area (Å²) in [6, 6.07) is 4.53. The first-order chi connectivity index (χ1) is 14.1. The summed E-state index contributed by atoms with van der Waals surface area (Å²) in [4.78, 5) is 35.0. The molecule has 0 aliphatic carbocycles. The van der Waals surface area contributed by atoms with Gasteiger partial charge in [0.15, 0.2) is 6.61 Å². The summed E-state index contributed by atoms with van der Waals surface area (Å²) in [6.45, 7) is -4.61. The summed E-state index contributed by atoms with van der Waals surface area (Å²) >= 11 is 0. The monoisotopic (exact) mass is 446 g/mol. The fourth-order valence-electron chi connectivity index (χ4n) is 1.99. The Labute approximate surface area is 169 Å². The molecule has 0 saturated carbocycles. The van der Waals surface area contributed by atoms with Crippen LogP contribution in [0.5, 0.6) is 5.75 Å². The van der Waals surface area contributed by atoms with E-state index in [4.69, 9.17) is 0 Å². The molecule has 0 unspecified atom stereocenters. The van der Waals surface area contributed by atoms with Gasteiger partial charge in [-0.15, -0.1) is 0 Å². The van der Waals surface area contributed by atoms with E-state index in [9.17, 15) is 31.6 Å². The van der Waals surface area contributed by atoms with E-state index in [1.54, 1.807) is 0 Å². The number of ether oxygens (including phenoxy) is 2. The van der Waals surface area contributed by atoms with E-state index in [-0.39, 0.29) is 16.2 Å². The highest BCUT2D eigenvalue weighted by molar-refractivity contribution is 7.89. The third kappa shape index (κ3) is 6.89. The Balaban J connectivity index is 1.77. The molecule has 0 bridgehead atoms. The third-order valence-corrected chi connectivity index (χ3v) is 4.71. The van der Waals surface area contributed by atoms with Gasteiger partial charge < -0.3 is 9.47 Å². The maximum absolute atomic E-state index is 12.1. The lowest BCUT2D eigenvalue weighted by atomic mass is 10.2. The quantitative estimate of drug-likeness (QED) is 0.504. The van der Waals surface area contributed by atoms with Gasteiger partial charge in [-0.05, 0) is 24.3 Å². The summed E-state index contributed by atoms with van der Waals surface area (Å²) < 4.78 is 60.0. The predicted octanol–water partition coefficient (Wildman–Crippen LogP) is -0.200. The first-order valence-corrected chi connectivity index (χ1v) is 9.58. The summed E-state index contributed by atoms with van der Waals surface area (Å²) in [5.41, 5.74) is -0.0273. The van der Waals surface area contributed by atoms with E-state index < -0.39 is 47.6 Å². The van der Waals surface area contributed by atoms with Crippen LogP contribution in [-0.4, -0.2) is 55.7 Å². The fourth-order valence-corrected chi connectivity index (χ4v) is 2.95. The molecule has 1 aromatic heterocycles. The average Bonchev–Trinajstić information content (AvgIpc) is 3.12. The highest BCUT2D eigenvalue weighted by Gasteiger charge is 2.19. The fraction of sp³-hybridized carbons (Fsp3) is 0.250. The van der Waals surface area contributed by atoms with Crippen molar-refractivity contribution < 1.29 is 41.1 Å². The Morgan fingerprint density at radius 3 is 2.43 bits per heavy atom. The highest BCUT2D eigenvalue weighted by atomic mass is 32.2. The van der Waals surface area contributed by atoms with Crippen LogP contribution < -0.4 is 14.8 Å². The number of nitrogens with zero attached hydrogens (tertiary/aromatic N) is 2. The Morgan fingerprint density at radius 1 is 1.20 bits per heavy atom. The van der Waals surface area contributed by atoms with Crippen LogP contribution in [-0.2, 0) is 31.4 Å². The molecule has 0 aliphatic rings. The maximum atomic E-state index is 12.1. The molecule has 0 fully saturated rings. The number of alkyl halides is 2. The van der Waals surface area contributed by atoms with Crippen LogP contribution >= 0.6 is 0 Å². The van der Waals surface area contributed by atoms with E-state index >= 15 is 0 Å². The molecular formula is C16H16F2N4O7S. The summed E-state index contributed by atoms with van der Waals surface area (Å²) in [5, 5.41) is 5.61. The standard InChI is InChI=1S/C16H16F2N4O7S/c1-22-8-12(6-19-22)30(26,27)20-7-14(24)28-9-13(23)21-15(25)10-2-4-11(5-3-10)29-16(17)18/h2-6,8,16,20H,7,9H2,1H3,(H,21,23,25). The van der Waals surface area contributed by atoms with Crippen molar-refractivity contribution in [2.45, 2.75) is 11.5 Å². The first-order valence-electron chi connectivity index (χ1n) is 8.10. The average molecular weight is 446 g/mol. The minimum Gasteiger partial charge on any atom is -0.455 e. The molecule has 2 rings (SSSR count). The molecule has 162 valence electrons. The van der Waals surface area contributed by atoms with Gasteiger partial charge in [0.05, 0.1) is 6.20 Å². The lowest BCUT2D eigenvalue weighted by Crippen LogP contribution is -2.36. The van der Waals surface area contributed by atoms with Crippen LogP contribution in [0.2, 0.25) is 0 Å². The van der Waals surface area contributed by atoms with Gasteiger partial charge in [-0.3, -0.25) is 24.4 Å². The van der Waals surface area contributed by atoms with Crippen LogP contribution in [0.1, 0.15) is 10.4 Å². The Morgan fingerprint density at radius 2 is 1.87 bits per heavy atom. The van der Waals surface area contributed by atoms with Crippen LogP contribution in [0, 0.1) is 0 Å². The van der Waals surface area contributed by atoms with Crippen molar-refractivity contribution in [2.24, 2.45) is 7.05 Å². The third-order valence-electron chi connectivity index (χ3n) is 3.36. The molecule has 0 atom stereocenters. The molecule has 1 heterocycles. The number of esters is 1. The van der Waals surface area contributed by atoms with E-state index in [0.29, 0.717) is 0 Å². The zero-order valence-electron chi connectivity index (χ0n) is 15.4. The minimum atomic E-state index is -3.99. The summed E-state index contributed by atoms with van der Waals surface area (Å²) in [7, 11) is -2.47. The van der Waals surface area contributed by atoms with Crippen LogP contribution in [0.3, 0.4) is 0 Å². The highest BCUT2D eigenvalue weighted by Crippen LogP contribution is 2.14. The van der Waals surface area contributed by atoms with Gasteiger partial charge in [-0.1, -0.05) is 0 Å². The molecule has 0 radical (unpaired) electrons. The second-order valence-electron chi connectivity index (χ2n) is 5.62. The van der Waals surface area contributed by atoms with Gasteiger partial charge in [-0.25, -0.2) is 8.42 Å². The number of hydrogen-bond acceptors (Lipinski definition) is 8. The maximum Gasteiger partial charge on any atom is 0.387 e. The number of amides is 2. The minimum absolute atomic E-state index is 0.0273. The second kappa shape index (κ2) is 9.89. The van der Waals surface area contributed by atoms with E-state index in [1.807, 2.05) is 10.0 Å². The lowest BCUT2D eigenvalue weighted by molar-refractivity contribution is -0.147. The van der Waals surface area contributed by atoms with Gasteiger partial charge in [0.2, 0.25) is 10.0 Å². The molecule has 2 amide bonds. The number of halogens is 2. The van der Waals surface area contributed by atoms with E-state index in [2.05, 4.69) is 14.6 Å². The van der Waals surface area contributed by atoms with Crippen LogP contribution in [0.25, 0.3) is 0 Å². The Kier molecular flexibility index (Phi) is 7.54. The Hall–Kier alpha value is -3.39. The number of aryl methyl sites for hydroxylation is 1. The number of aromatic nitrogens is 2. The number of hydrogen-bond donors (Lipinski definition) is 2. The van der Waals surface area contributed by atoms with Crippen molar-refractivity contribution in [2.75, 3.05) is 13.2 Å². The number of benzene rings is 1. The smallest absolute Gasteiger partial charge is 0.387 e. The van der Waals surface area contributed by atoms with Gasteiger partial charge in [-0.2, -0.15) is 18.6 Å². The van der Waals surface area contributed by atoms with Gasteiger partial charge >= 0.3 is 12.6 Å². The van der Waals surface area contributed by atoms with Gasteiger partial charge in [0.1, 0.15) is 17.2 Å². The number of carbonyl (C=O) groups is 3. The molecule has 2 N–H and O–H groups in total. The largest absolute Gasteiger partial charge is 0.455 e. The number of sulfonamides is 1. The van der Waals surface area contributed by atoms with Crippen molar-refractivity contribution in [1.82, 2.24) is 19.8 Å². The molecule has 1 aromatic carbocycles. The van der Waals surface area contributed by atoms with Crippen molar-refractivity contribution in [3.63, 3.8) is 0 Å². The molecule has 0 aliphatic heterocycles. The van der Waals surface area contributed by atoms with E-state index in [1.165, 1.54) is 17.9 Å². The van der Waals surface area contributed by atoms with Crippen molar-refractivity contribution in [3.05, 3.63) is 42.2 Å². The van der Waals surface area contributed by atoms with Crippen LogP contribution in [0.4, 0.5) is 8.78 Å². The van der Waals surface area contributed by atoms with Crippen LogP contribution in [0.15, 0.2) is 41.6 Å². The van der Waals surface area contributed by atoms with Gasteiger partial charge in [0.25, 0.3) is 11.8 Å². The predicted molar refractivity (Wildman–Crippen MR) is 94.9 cm³/mol. The molecule has 30 heavy (non-hydrogen) atoms. The SMILES string of the molecule is Cn1cc(S(=O)(=O)NCC(=O)OCC(=O)NC(=O)c2ccc(OC(F)F)cc2)cn1. The Bertz CT molecular complexity index is 1020. The van der Waals surface area contributed by atoms with Crippen molar-refractivity contribution >= 4 is 27.8 Å². The van der Waals surface area contributed by atoms with Crippen molar-refractivity contribution in [1.29, 1.82) is 0 Å². The summed E-state index contributed by atoms with van der Waals surface area (Å²) in [6.07, 6.45) is 2.30. The second-order valence-corrected chi connectivity index (χ2v) is 7.38. The molecular weight excluding hydrogens is 430 g/mol. The normalized spacial score (nSPS) is 11.2. The number of rotatable bonds is 9. The van der Waals surface area contributed by atoms with Crippen molar-refractivity contribution in [3.8, 4) is 5.75 Å². The molecule has 0 saturated heterocycles. The number of carbonyl (C=O) groups excluding carboxylic acids is 3. The zero-order chi connectivity index (χ0) is 22.3. The van der Waals surface area contributed by atoms with Gasteiger partial charge in [0, 0.05) is 18.8 Å². The molecule has 2 aromatic rings. The number of nitrogens with one attached hydrogen (secondary N) is 2.